The van der Waals surface area contributed by atoms with Crippen LogP contribution >= 0.6 is 0 Å². The lowest BCUT2D eigenvalue weighted by molar-refractivity contribution is -0.126. The Balaban J connectivity index is 1.69. The maximum absolute atomic E-state index is 12.3. The second-order valence-corrected chi connectivity index (χ2v) is 9.28. The number of nitrogens with zero attached hydrogens (tertiary/aromatic N) is 3. The molecule has 140 valence electrons. The molecule has 2 rings (SSSR count). The van der Waals surface area contributed by atoms with Crippen LogP contribution in [0.4, 0.5) is 0 Å². The van der Waals surface area contributed by atoms with Crippen LogP contribution in [0.3, 0.4) is 0 Å². The van der Waals surface area contributed by atoms with Gasteiger partial charge < -0.3 is 10.2 Å². The van der Waals surface area contributed by atoms with Crippen LogP contribution in [0.25, 0.3) is 0 Å². The summed E-state index contributed by atoms with van der Waals surface area (Å²) in [6.07, 6.45) is 4.73. The predicted molar refractivity (Wildman–Crippen MR) is 94.8 cm³/mol. The van der Waals surface area contributed by atoms with Crippen LogP contribution in [-0.4, -0.2) is 80.7 Å². The Morgan fingerprint density at radius 1 is 1.17 bits per heavy atom. The summed E-state index contributed by atoms with van der Waals surface area (Å²) < 4.78 is 26.9. The van der Waals surface area contributed by atoms with Crippen molar-refractivity contribution in [2.24, 2.45) is 5.92 Å². The zero-order chi connectivity index (χ0) is 17.7. The van der Waals surface area contributed by atoms with Gasteiger partial charge in [-0.25, -0.2) is 0 Å². The summed E-state index contributed by atoms with van der Waals surface area (Å²) in [6.45, 7) is 6.11. The number of hydrogen-bond acceptors (Lipinski definition) is 4. The van der Waals surface area contributed by atoms with E-state index in [0.717, 1.165) is 6.42 Å². The first kappa shape index (κ1) is 19.6. The number of nitrogens with one attached hydrogen (secondary N) is 1. The van der Waals surface area contributed by atoms with Gasteiger partial charge in [0.15, 0.2) is 0 Å². The number of carbonyl (C=O) groups excluding carboxylic acids is 1. The van der Waals surface area contributed by atoms with E-state index >= 15 is 0 Å². The van der Waals surface area contributed by atoms with E-state index in [1.807, 2.05) is 0 Å². The van der Waals surface area contributed by atoms with Crippen molar-refractivity contribution in [2.75, 3.05) is 46.8 Å². The molecule has 0 aromatic rings. The molecular weight excluding hydrogens is 328 g/mol. The second-order valence-electron chi connectivity index (χ2n) is 7.14. The van der Waals surface area contributed by atoms with Gasteiger partial charge in [0, 0.05) is 45.7 Å². The molecule has 1 atom stereocenters. The van der Waals surface area contributed by atoms with Crippen LogP contribution in [0.15, 0.2) is 0 Å². The molecule has 1 amide bonds. The fourth-order valence-corrected chi connectivity index (χ4v) is 4.63. The third-order valence-electron chi connectivity index (χ3n) is 5.24. The molecule has 2 heterocycles. The highest BCUT2D eigenvalue weighted by atomic mass is 32.2. The van der Waals surface area contributed by atoms with E-state index < -0.39 is 10.2 Å². The van der Waals surface area contributed by atoms with Crippen LogP contribution < -0.4 is 5.32 Å². The monoisotopic (exact) mass is 360 g/mol. The van der Waals surface area contributed by atoms with Gasteiger partial charge >= 0.3 is 0 Å². The van der Waals surface area contributed by atoms with Gasteiger partial charge in [0.1, 0.15) is 0 Å². The summed E-state index contributed by atoms with van der Waals surface area (Å²) in [4.78, 5) is 14.8. The molecule has 2 fully saturated rings. The van der Waals surface area contributed by atoms with Crippen LogP contribution in [0.2, 0.25) is 0 Å². The van der Waals surface area contributed by atoms with E-state index in [2.05, 4.69) is 17.1 Å². The van der Waals surface area contributed by atoms with Crippen molar-refractivity contribution < 1.29 is 13.2 Å². The van der Waals surface area contributed by atoms with E-state index in [4.69, 9.17) is 0 Å². The largest absolute Gasteiger partial charge is 0.356 e. The van der Waals surface area contributed by atoms with E-state index in [0.29, 0.717) is 38.5 Å². The van der Waals surface area contributed by atoms with Crippen molar-refractivity contribution in [3.05, 3.63) is 0 Å². The Labute approximate surface area is 146 Å². The molecule has 2 aliphatic rings. The van der Waals surface area contributed by atoms with Gasteiger partial charge in [-0.05, 0) is 52.1 Å². The molecule has 0 aromatic carbocycles. The van der Waals surface area contributed by atoms with Gasteiger partial charge in [0.25, 0.3) is 10.2 Å². The molecule has 1 N–H and O–H groups in total. The van der Waals surface area contributed by atoms with Gasteiger partial charge in [-0.15, -0.1) is 0 Å². The standard InChI is InChI=1S/C16H32N4O3S/c1-14(19-10-4-5-11-19)6-9-17-16(21)15-7-12-20(13-8-15)24(22,23)18(2)3/h14-15H,4-13H2,1-3H3,(H,17,21)/t14-/m0/s1. The number of likely N-dealkylation sites (tertiary alicyclic amines) is 1. The molecular formula is C16H32N4O3S. The topological polar surface area (TPSA) is 73.0 Å². The van der Waals surface area contributed by atoms with Gasteiger partial charge in [-0.3, -0.25) is 4.79 Å². The highest BCUT2D eigenvalue weighted by Crippen LogP contribution is 2.20. The molecule has 0 saturated carbocycles. The van der Waals surface area contributed by atoms with Gasteiger partial charge in [0.05, 0.1) is 0 Å². The molecule has 2 saturated heterocycles. The van der Waals surface area contributed by atoms with Crippen LogP contribution in [-0.2, 0) is 15.0 Å². The van der Waals surface area contributed by atoms with E-state index in [1.54, 1.807) is 0 Å². The van der Waals surface area contributed by atoms with E-state index in [1.165, 1.54) is 48.6 Å². The van der Waals surface area contributed by atoms with Crippen LogP contribution in [0, 0.1) is 5.92 Å². The molecule has 2 aliphatic heterocycles. The average Bonchev–Trinajstić information content (AvgIpc) is 3.09. The molecule has 0 spiro atoms. The number of piperidine rings is 1. The van der Waals surface area contributed by atoms with Crippen molar-refractivity contribution in [1.29, 1.82) is 0 Å². The SMILES string of the molecule is C[C@@H](CCNC(=O)C1CCN(S(=O)(=O)N(C)C)CC1)N1CCCC1. The first-order valence-corrected chi connectivity index (χ1v) is 10.4. The van der Waals surface area contributed by atoms with E-state index in [-0.39, 0.29) is 11.8 Å². The number of carbonyl (C=O) groups is 1. The summed E-state index contributed by atoms with van der Waals surface area (Å²) >= 11 is 0. The van der Waals surface area contributed by atoms with Gasteiger partial charge in [0.2, 0.25) is 5.91 Å². The molecule has 0 bridgehead atoms. The van der Waals surface area contributed by atoms with Crippen LogP contribution in [0.1, 0.15) is 39.0 Å². The Hall–Kier alpha value is -0.700. The Bertz CT molecular complexity index is 509. The highest BCUT2D eigenvalue weighted by molar-refractivity contribution is 7.86. The number of rotatable bonds is 7. The molecule has 0 aliphatic carbocycles. The lowest BCUT2D eigenvalue weighted by atomic mass is 9.97. The number of amides is 1. The maximum atomic E-state index is 12.3. The maximum Gasteiger partial charge on any atom is 0.281 e. The minimum Gasteiger partial charge on any atom is -0.356 e. The van der Waals surface area contributed by atoms with Crippen molar-refractivity contribution in [3.63, 3.8) is 0 Å². The molecule has 0 unspecified atom stereocenters. The van der Waals surface area contributed by atoms with E-state index in [9.17, 15) is 13.2 Å². The summed E-state index contributed by atoms with van der Waals surface area (Å²) in [6, 6.07) is 0.514. The molecule has 0 radical (unpaired) electrons. The lowest BCUT2D eigenvalue weighted by Crippen LogP contribution is -2.47. The van der Waals surface area contributed by atoms with Crippen molar-refractivity contribution >= 4 is 16.1 Å². The average molecular weight is 361 g/mol. The minimum atomic E-state index is -3.36. The summed E-state index contributed by atoms with van der Waals surface area (Å²) in [5.41, 5.74) is 0. The van der Waals surface area contributed by atoms with Crippen molar-refractivity contribution in [3.8, 4) is 0 Å². The van der Waals surface area contributed by atoms with Gasteiger partial charge in [-0.1, -0.05) is 0 Å². The Morgan fingerprint density at radius 2 is 1.75 bits per heavy atom. The summed E-state index contributed by atoms with van der Waals surface area (Å²) in [7, 11) is -0.283. The minimum absolute atomic E-state index is 0.0688. The smallest absolute Gasteiger partial charge is 0.281 e. The van der Waals surface area contributed by atoms with Crippen molar-refractivity contribution in [1.82, 2.24) is 18.8 Å². The third kappa shape index (κ3) is 4.91. The number of hydrogen-bond donors (Lipinski definition) is 1. The normalized spacial score (nSPS) is 22.8. The molecule has 7 nitrogen and oxygen atoms in total. The molecule has 0 aromatic heterocycles. The predicted octanol–water partition coefficient (Wildman–Crippen LogP) is 0.495. The van der Waals surface area contributed by atoms with Gasteiger partial charge in [-0.2, -0.15) is 17.0 Å². The summed E-state index contributed by atoms with van der Waals surface area (Å²) in [5.74, 6) is 0.00577. The fraction of sp³-hybridized carbons (Fsp3) is 0.938. The first-order chi connectivity index (χ1) is 11.3. The lowest BCUT2D eigenvalue weighted by Gasteiger charge is -2.32. The zero-order valence-corrected chi connectivity index (χ0v) is 16.0. The zero-order valence-electron chi connectivity index (χ0n) is 15.2. The van der Waals surface area contributed by atoms with Crippen molar-refractivity contribution in [2.45, 2.75) is 45.1 Å². The fourth-order valence-electron chi connectivity index (χ4n) is 3.49. The summed E-state index contributed by atoms with van der Waals surface area (Å²) in [5, 5.41) is 3.04. The highest BCUT2D eigenvalue weighted by Gasteiger charge is 2.32. The quantitative estimate of drug-likeness (QED) is 0.717. The first-order valence-electron chi connectivity index (χ1n) is 9.01. The van der Waals surface area contributed by atoms with Crippen LogP contribution in [0.5, 0.6) is 0 Å². The molecule has 8 heteroatoms. The Morgan fingerprint density at radius 3 is 2.29 bits per heavy atom. The Kier molecular flexibility index (Phi) is 7.03. The third-order valence-corrected chi connectivity index (χ3v) is 7.18. The molecule has 24 heavy (non-hydrogen) atoms. The second kappa shape index (κ2) is 8.60.